The van der Waals surface area contributed by atoms with Gasteiger partial charge in [-0.25, -0.2) is 0 Å². The molecule has 0 aliphatic heterocycles. The third kappa shape index (κ3) is 2.42. The van der Waals surface area contributed by atoms with Crippen LogP contribution in [0.4, 0.5) is 0 Å². The molecule has 1 aromatic heterocycles. The largest absolute Gasteiger partial charge is 0.289 e. The molecule has 0 spiro atoms. The Morgan fingerprint density at radius 1 is 0.947 bits per heavy atom. The lowest BCUT2D eigenvalue weighted by Crippen LogP contribution is -2.01. The fourth-order valence-electron chi connectivity index (χ4n) is 2.01. The molecule has 0 unspecified atom stereocenters. The Morgan fingerprint density at radius 2 is 1.79 bits per heavy atom. The molecule has 0 saturated carbocycles. The molecule has 2 nitrogen and oxygen atoms in total. The maximum absolute atomic E-state index is 12.4. The molecular formula is C16H10BrNO. The number of pyridine rings is 1. The molecule has 0 saturated heterocycles. The molecule has 0 aliphatic carbocycles. The number of halogens is 1. The van der Waals surface area contributed by atoms with Crippen molar-refractivity contribution in [3.8, 4) is 0 Å². The van der Waals surface area contributed by atoms with Gasteiger partial charge in [0.15, 0.2) is 5.78 Å². The van der Waals surface area contributed by atoms with Crippen LogP contribution in [0, 0.1) is 0 Å². The lowest BCUT2D eigenvalue weighted by atomic mass is 10.0. The third-order valence-electron chi connectivity index (χ3n) is 2.95. The van der Waals surface area contributed by atoms with Crippen LogP contribution < -0.4 is 0 Å². The molecule has 0 atom stereocenters. The molecule has 0 bridgehead atoms. The Hall–Kier alpha value is -2.00. The molecule has 2 aromatic carbocycles. The van der Waals surface area contributed by atoms with Gasteiger partial charge in [0, 0.05) is 27.2 Å². The number of aromatic nitrogens is 1. The van der Waals surface area contributed by atoms with Crippen LogP contribution >= 0.6 is 15.9 Å². The lowest BCUT2D eigenvalue weighted by Gasteiger charge is -2.03. The van der Waals surface area contributed by atoms with Gasteiger partial charge in [-0.05, 0) is 36.4 Å². The van der Waals surface area contributed by atoms with Crippen molar-refractivity contribution in [3.05, 3.63) is 76.4 Å². The Labute approximate surface area is 119 Å². The van der Waals surface area contributed by atoms with Gasteiger partial charge in [-0.2, -0.15) is 0 Å². The van der Waals surface area contributed by atoms with Gasteiger partial charge in [0.1, 0.15) is 0 Å². The quantitative estimate of drug-likeness (QED) is 0.663. The van der Waals surface area contributed by atoms with Crippen LogP contribution in [0.25, 0.3) is 10.9 Å². The van der Waals surface area contributed by atoms with Gasteiger partial charge < -0.3 is 0 Å². The van der Waals surface area contributed by atoms with Crippen molar-refractivity contribution in [1.29, 1.82) is 0 Å². The number of hydrogen-bond donors (Lipinski definition) is 0. The average Bonchev–Trinajstić information content (AvgIpc) is 2.46. The Bertz CT molecular complexity index is 767. The van der Waals surface area contributed by atoms with Crippen LogP contribution in [0.1, 0.15) is 15.9 Å². The van der Waals surface area contributed by atoms with Crippen LogP contribution in [-0.2, 0) is 0 Å². The number of rotatable bonds is 2. The predicted octanol–water partition coefficient (Wildman–Crippen LogP) is 4.23. The fraction of sp³-hybridized carbons (Fsp3) is 0. The second-order valence-electron chi connectivity index (χ2n) is 4.25. The summed E-state index contributed by atoms with van der Waals surface area (Å²) in [5.41, 5.74) is 2.25. The number of carbonyl (C=O) groups excluding carboxylic acids is 1. The zero-order valence-electron chi connectivity index (χ0n) is 10.0. The minimum Gasteiger partial charge on any atom is -0.289 e. The Kier molecular flexibility index (Phi) is 3.13. The summed E-state index contributed by atoms with van der Waals surface area (Å²) in [5.74, 6) is 0.0204. The van der Waals surface area contributed by atoms with E-state index in [9.17, 15) is 4.79 Å². The van der Waals surface area contributed by atoms with E-state index in [2.05, 4.69) is 20.9 Å². The van der Waals surface area contributed by atoms with Gasteiger partial charge in [0.05, 0.1) is 5.52 Å². The van der Waals surface area contributed by atoms with E-state index in [1.165, 1.54) is 0 Å². The molecular weight excluding hydrogens is 302 g/mol. The normalized spacial score (nSPS) is 10.6. The summed E-state index contributed by atoms with van der Waals surface area (Å²) in [7, 11) is 0. The van der Waals surface area contributed by atoms with Crippen molar-refractivity contribution < 1.29 is 4.79 Å². The van der Waals surface area contributed by atoms with E-state index in [0.29, 0.717) is 11.1 Å². The summed E-state index contributed by atoms with van der Waals surface area (Å²) in [5, 5.41) is 0.975. The maximum atomic E-state index is 12.4. The SMILES string of the molecule is O=C(c1cccc(Br)c1)c1ccc2ncccc2c1. The van der Waals surface area contributed by atoms with Crippen LogP contribution in [0.5, 0.6) is 0 Å². The summed E-state index contributed by atoms with van der Waals surface area (Å²) in [4.78, 5) is 16.7. The highest BCUT2D eigenvalue weighted by molar-refractivity contribution is 9.10. The van der Waals surface area contributed by atoms with Crippen LogP contribution in [0.2, 0.25) is 0 Å². The first-order chi connectivity index (χ1) is 9.24. The maximum Gasteiger partial charge on any atom is 0.193 e. The number of carbonyl (C=O) groups is 1. The number of ketones is 1. The molecule has 3 rings (SSSR count). The van der Waals surface area contributed by atoms with Gasteiger partial charge in [-0.3, -0.25) is 9.78 Å². The zero-order valence-corrected chi connectivity index (χ0v) is 11.6. The molecule has 0 amide bonds. The summed E-state index contributed by atoms with van der Waals surface area (Å²) in [6.07, 6.45) is 1.75. The Morgan fingerprint density at radius 3 is 2.63 bits per heavy atom. The second kappa shape index (κ2) is 4.94. The van der Waals surface area contributed by atoms with Gasteiger partial charge in [0.25, 0.3) is 0 Å². The lowest BCUT2D eigenvalue weighted by molar-refractivity contribution is 0.103. The summed E-state index contributed by atoms with van der Waals surface area (Å²) >= 11 is 3.38. The molecule has 0 aliphatic rings. The monoisotopic (exact) mass is 311 g/mol. The number of nitrogens with zero attached hydrogens (tertiary/aromatic N) is 1. The molecule has 0 fully saturated rings. The summed E-state index contributed by atoms with van der Waals surface area (Å²) < 4.78 is 0.904. The van der Waals surface area contributed by atoms with E-state index in [0.717, 1.165) is 15.4 Å². The van der Waals surface area contributed by atoms with Crippen LogP contribution in [-0.4, -0.2) is 10.8 Å². The highest BCUT2D eigenvalue weighted by Gasteiger charge is 2.09. The average molecular weight is 312 g/mol. The van der Waals surface area contributed by atoms with Crippen molar-refractivity contribution in [3.63, 3.8) is 0 Å². The van der Waals surface area contributed by atoms with Crippen molar-refractivity contribution in [2.45, 2.75) is 0 Å². The van der Waals surface area contributed by atoms with Crippen molar-refractivity contribution in [2.24, 2.45) is 0 Å². The number of hydrogen-bond acceptors (Lipinski definition) is 2. The molecule has 3 heteroatoms. The van der Waals surface area contributed by atoms with Crippen LogP contribution in [0.15, 0.2) is 65.3 Å². The standard InChI is InChI=1S/C16H10BrNO/c17-14-5-1-3-12(10-14)16(19)13-6-7-15-11(9-13)4-2-8-18-15/h1-10H. The third-order valence-corrected chi connectivity index (χ3v) is 3.45. The van der Waals surface area contributed by atoms with Crippen LogP contribution in [0.3, 0.4) is 0 Å². The molecule has 1 heterocycles. The summed E-state index contributed by atoms with van der Waals surface area (Å²) in [6.45, 7) is 0. The first-order valence-electron chi connectivity index (χ1n) is 5.89. The number of fused-ring (bicyclic) bond motifs is 1. The highest BCUT2D eigenvalue weighted by Crippen LogP contribution is 2.18. The zero-order chi connectivity index (χ0) is 13.2. The van der Waals surface area contributed by atoms with Gasteiger partial charge in [0.2, 0.25) is 0 Å². The van der Waals surface area contributed by atoms with E-state index < -0.39 is 0 Å². The van der Waals surface area contributed by atoms with E-state index >= 15 is 0 Å². The van der Waals surface area contributed by atoms with Gasteiger partial charge >= 0.3 is 0 Å². The molecule has 92 valence electrons. The van der Waals surface area contributed by atoms with E-state index in [-0.39, 0.29) is 5.78 Å². The smallest absolute Gasteiger partial charge is 0.193 e. The minimum atomic E-state index is 0.0204. The minimum absolute atomic E-state index is 0.0204. The Balaban J connectivity index is 2.06. The van der Waals surface area contributed by atoms with Gasteiger partial charge in [-0.1, -0.05) is 34.1 Å². The van der Waals surface area contributed by atoms with Crippen molar-refractivity contribution >= 4 is 32.6 Å². The van der Waals surface area contributed by atoms with Crippen molar-refractivity contribution in [2.75, 3.05) is 0 Å². The first-order valence-corrected chi connectivity index (χ1v) is 6.68. The number of benzene rings is 2. The molecule has 3 aromatic rings. The van der Waals surface area contributed by atoms with E-state index in [1.807, 2.05) is 54.6 Å². The first kappa shape index (κ1) is 12.1. The summed E-state index contributed by atoms with van der Waals surface area (Å²) in [6, 6.07) is 16.8. The second-order valence-corrected chi connectivity index (χ2v) is 5.17. The van der Waals surface area contributed by atoms with Crippen molar-refractivity contribution in [1.82, 2.24) is 4.98 Å². The predicted molar refractivity (Wildman–Crippen MR) is 79.3 cm³/mol. The molecule has 19 heavy (non-hydrogen) atoms. The molecule has 0 N–H and O–H groups in total. The van der Waals surface area contributed by atoms with E-state index in [1.54, 1.807) is 6.20 Å². The topological polar surface area (TPSA) is 30.0 Å². The highest BCUT2D eigenvalue weighted by atomic mass is 79.9. The fourth-order valence-corrected chi connectivity index (χ4v) is 2.41. The van der Waals surface area contributed by atoms with Gasteiger partial charge in [-0.15, -0.1) is 0 Å². The van der Waals surface area contributed by atoms with E-state index in [4.69, 9.17) is 0 Å². The molecule has 0 radical (unpaired) electrons.